The van der Waals surface area contributed by atoms with Crippen molar-refractivity contribution in [2.45, 2.75) is 62.3 Å². The third kappa shape index (κ3) is 7.00. The van der Waals surface area contributed by atoms with Gasteiger partial charge in [0.15, 0.2) is 0 Å². The molecule has 0 aliphatic rings. The first-order chi connectivity index (χ1) is 8.27. The van der Waals surface area contributed by atoms with Crippen molar-refractivity contribution in [3.63, 3.8) is 0 Å². The SMILES string of the molecule is C.C.CC.CC.CC(C)c1ccc2ccccc2c1. The summed E-state index contributed by atoms with van der Waals surface area (Å²) in [4.78, 5) is 0. The van der Waals surface area contributed by atoms with Gasteiger partial charge in [-0.05, 0) is 22.3 Å². The Hall–Kier alpha value is -1.30. The molecule has 0 aliphatic carbocycles. The molecule has 0 atom stereocenters. The zero-order chi connectivity index (χ0) is 13.3. The second kappa shape index (κ2) is 13.1. The Morgan fingerprint density at radius 3 is 1.63 bits per heavy atom. The molecule has 0 spiro atoms. The fraction of sp³-hybridized carbons (Fsp3) is 0.474. The van der Waals surface area contributed by atoms with Crippen LogP contribution in [0.2, 0.25) is 0 Å². The van der Waals surface area contributed by atoms with Crippen LogP contribution < -0.4 is 0 Å². The Morgan fingerprint density at radius 1 is 0.684 bits per heavy atom. The summed E-state index contributed by atoms with van der Waals surface area (Å²) in [6.45, 7) is 12.5. The lowest BCUT2D eigenvalue weighted by Crippen LogP contribution is -1.85. The van der Waals surface area contributed by atoms with E-state index in [9.17, 15) is 0 Å². The molecule has 0 saturated heterocycles. The second-order valence-corrected chi connectivity index (χ2v) is 3.76. The minimum Gasteiger partial charge on any atom is -0.0776 e. The van der Waals surface area contributed by atoms with Gasteiger partial charge in [-0.25, -0.2) is 0 Å². The molecule has 2 rings (SSSR count). The summed E-state index contributed by atoms with van der Waals surface area (Å²) in [7, 11) is 0. The molecule has 0 aromatic heterocycles. The maximum Gasteiger partial charge on any atom is -0.0181 e. The van der Waals surface area contributed by atoms with Gasteiger partial charge in [0.1, 0.15) is 0 Å². The standard InChI is InChI=1S/C13H14.2C2H6.2CH4/c1-10(2)12-8-7-11-5-3-4-6-13(11)9-12;2*1-2;;/h3-10H,1-2H3;2*1-2H3;2*1H4. The number of hydrogen-bond donors (Lipinski definition) is 0. The quantitative estimate of drug-likeness (QED) is 0.506. The highest BCUT2D eigenvalue weighted by atomic mass is 14.0. The van der Waals surface area contributed by atoms with E-state index < -0.39 is 0 Å². The van der Waals surface area contributed by atoms with E-state index in [1.54, 1.807) is 0 Å². The van der Waals surface area contributed by atoms with Crippen LogP contribution in [-0.2, 0) is 0 Å². The zero-order valence-electron chi connectivity index (χ0n) is 12.1. The molecule has 0 amide bonds. The van der Waals surface area contributed by atoms with Crippen LogP contribution in [0.4, 0.5) is 0 Å². The van der Waals surface area contributed by atoms with Crippen molar-refractivity contribution >= 4 is 10.8 Å². The van der Waals surface area contributed by atoms with Crippen molar-refractivity contribution in [3.05, 3.63) is 48.0 Å². The van der Waals surface area contributed by atoms with Crippen LogP contribution in [0.25, 0.3) is 10.8 Å². The predicted octanol–water partition coefficient (Wildman–Crippen LogP) is 7.29. The van der Waals surface area contributed by atoms with Gasteiger partial charge in [-0.15, -0.1) is 0 Å². The molecule has 0 heteroatoms. The topological polar surface area (TPSA) is 0 Å². The van der Waals surface area contributed by atoms with Gasteiger partial charge in [0, 0.05) is 0 Å². The molecular weight excluding hydrogens is 228 g/mol. The van der Waals surface area contributed by atoms with Crippen molar-refractivity contribution in [2.75, 3.05) is 0 Å². The summed E-state index contributed by atoms with van der Waals surface area (Å²) in [5, 5.41) is 2.67. The van der Waals surface area contributed by atoms with Crippen molar-refractivity contribution in [2.24, 2.45) is 0 Å². The number of hydrogen-bond acceptors (Lipinski definition) is 0. The van der Waals surface area contributed by atoms with Crippen molar-refractivity contribution in [3.8, 4) is 0 Å². The summed E-state index contributed by atoms with van der Waals surface area (Å²) in [5.41, 5.74) is 1.42. The first-order valence-corrected chi connectivity index (χ1v) is 6.76. The first-order valence-electron chi connectivity index (χ1n) is 6.76. The van der Waals surface area contributed by atoms with E-state index >= 15 is 0 Å². The number of fused-ring (bicyclic) bond motifs is 1. The molecule has 0 unspecified atom stereocenters. The molecule has 0 nitrogen and oxygen atoms in total. The average molecular weight is 262 g/mol. The second-order valence-electron chi connectivity index (χ2n) is 3.76. The normalized spacial score (nSPS) is 8.16. The van der Waals surface area contributed by atoms with Crippen LogP contribution in [-0.4, -0.2) is 0 Å². The summed E-state index contributed by atoms with van der Waals surface area (Å²) in [6, 6.07) is 15.2. The molecule has 0 radical (unpaired) electrons. The number of rotatable bonds is 1. The monoisotopic (exact) mass is 262 g/mol. The summed E-state index contributed by atoms with van der Waals surface area (Å²) >= 11 is 0. The Kier molecular flexibility index (Phi) is 15.8. The minimum absolute atomic E-state index is 0. The zero-order valence-corrected chi connectivity index (χ0v) is 12.1. The molecule has 0 N–H and O–H groups in total. The van der Waals surface area contributed by atoms with E-state index in [-0.39, 0.29) is 14.9 Å². The van der Waals surface area contributed by atoms with Crippen molar-refractivity contribution in [1.82, 2.24) is 0 Å². The fourth-order valence-electron chi connectivity index (χ4n) is 1.57. The van der Waals surface area contributed by atoms with Gasteiger partial charge in [-0.3, -0.25) is 0 Å². The van der Waals surface area contributed by atoms with Gasteiger partial charge in [-0.2, -0.15) is 0 Å². The molecule has 19 heavy (non-hydrogen) atoms. The Bertz CT molecular complexity index is 413. The highest BCUT2D eigenvalue weighted by Gasteiger charge is 1.99. The fourth-order valence-corrected chi connectivity index (χ4v) is 1.57. The predicted molar refractivity (Wildman–Crippen MR) is 94.2 cm³/mol. The number of benzene rings is 2. The molecule has 110 valence electrons. The van der Waals surface area contributed by atoms with E-state index in [2.05, 4.69) is 56.3 Å². The van der Waals surface area contributed by atoms with Crippen LogP contribution >= 0.6 is 0 Å². The molecule has 0 heterocycles. The Morgan fingerprint density at radius 2 is 1.16 bits per heavy atom. The van der Waals surface area contributed by atoms with Crippen LogP contribution in [0.1, 0.15) is 67.9 Å². The molecular formula is C19H34. The first kappa shape index (κ1) is 22.8. The van der Waals surface area contributed by atoms with Gasteiger partial charge < -0.3 is 0 Å². The van der Waals surface area contributed by atoms with Crippen LogP contribution in [0.15, 0.2) is 42.5 Å². The molecule has 0 saturated carbocycles. The lowest BCUT2D eigenvalue weighted by molar-refractivity contribution is 0.869. The maximum atomic E-state index is 2.28. The van der Waals surface area contributed by atoms with Crippen LogP contribution in [0, 0.1) is 0 Å². The van der Waals surface area contributed by atoms with Gasteiger partial charge >= 0.3 is 0 Å². The highest BCUT2D eigenvalue weighted by molar-refractivity contribution is 5.83. The molecule has 0 fully saturated rings. The molecule has 0 bridgehead atoms. The van der Waals surface area contributed by atoms with Crippen molar-refractivity contribution in [1.29, 1.82) is 0 Å². The molecule has 2 aromatic carbocycles. The van der Waals surface area contributed by atoms with Gasteiger partial charge in [0.2, 0.25) is 0 Å². The molecule has 0 aliphatic heterocycles. The van der Waals surface area contributed by atoms with E-state index in [0.29, 0.717) is 5.92 Å². The van der Waals surface area contributed by atoms with E-state index in [1.165, 1.54) is 16.3 Å². The largest absolute Gasteiger partial charge is 0.0776 e. The highest BCUT2D eigenvalue weighted by Crippen LogP contribution is 2.20. The molecule has 2 aromatic rings. The van der Waals surface area contributed by atoms with Gasteiger partial charge in [0.05, 0.1) is 0 Å². The third-order valence-electron chi connectivity index (χ3n) is 2.44. The van der Waals surface area contributed by atoms with E-state index in [0.717, 1.165) is 0 Å². The van der Waals surface area contributed by atoms with Crippen LogP contribution in [0.5, 0.6) is 0 Å². The minimum atomic E-state index is 0. The summed E-state index contributed by atoms with van der Waals surface area (Å²) in [6.07, 6.45) is 0. The maximum absolute atomic E-state index is 2.28. The smallest absolute Gasteiger partial charge is 0.0181 e. The lowest BCUT2D eigenvalue weighted by Gasteiger charge is -2.06. The Labute approximate surface area is 121 Å². The lowest BCUT2D eigenvalue weighted by atomic mass is 9.99. The average Bonchev–Trinajstić information content (AvgIpc) is 2.42. The van der Waals surface area contributed by atoms with Crippen LogP contribution in [0.3, 0.4) is 0 Å². The summed E-state index contributed by atoms with van der Waals surface area (Å²) < 4.78 is 0. The summed E-state index contributed by atoms with van der Waals surface area (Å²) in [5.74, 6) is 0.615. The van der Waals surface area contributed by atoms with Crippen molar-refractivity contribution < 1.29 is 0 Å². The van der Waals surface area contributed by atoms with E-state index in [4.69, 9.17) is 0 Å². The third-order valence-corrected chi connectivity index (χ3v) is 2.44. The van der Waals surface area contributed by atoms with E-state index in [1.807, 2.05) is 27.7 Å². The Balaban J connectivity index is -0.000000392. The van der Waals surface area contributed by atoms with Gasteiger partial charge in [0.25, 0.3) is 0 Å². The van der Waals surface area contributed by atoms with Gasteiger partial charge in [-0.1, -0.05) is 98.9 Å².